The van der Waals surface area contributed by atoms with E-state index in [0.29, 0.717) is 0 Å². The first-order valence-electron chi connectivity index (χ1n) is 5.84. The molecule has 0 atom stereocenters. The van der Waals surface area contributed by atoms with Crippen molar-refractivity contribution in [1.82, 2.24) is 20.5 Å². The van der Waals surface area contributed by atoms with Crippen LogP contribution in [0, 0.1) is 0 Å². The fourth-order valence-corrected chi connectivity index (χ4v) is 2.26. The highest BCUT2D eigenvalue weighted by Gasteiger charge is 2.06. The van der Waals surface area contributed by atoms with E-state index < -0.39 is 0 Å². The molecule has 0 spiro atoms. The summed E-state index contributed by atoms with van der Waals surface area (Å²) in [6.07, 6.45) is 3.87. The average molecular weight is 248 g/mol. The largest absolute Gasteiger partial charge is 0.316 e. The Labute approximate surface area is 105 Å². The number of nitrogens with zero attached hydrogens (tertiary/aromatic N) is 3. The summed E-state index contributed by atoms with van der Waals surface area (Å²) in [5, 5.41) is 13.7. The molecule has 0 aliphatic rings. The predicted octanol–water partition coefficient (Wildman–Crippen LogP) is 2.14. The summed E-state index contributed by atoms with van der Waals surface area (Å²) < 4.78 is 0. The minimum Gasteiger partial charge on any atom is -0.316 e. The molecular formula is C12H16N4S. The highest BCUT2D eigenvalue weighted by molar-refractivity contribution is 7.14. The summed E-state index contributed by atoms with van der Waals surface area (Å²) in [6.45, 7) is 4.19. The van der Waals surface area contributed by atoms with Gasteiger partial charge in [-0.15, -0.1) is 10.2 Å². The first-order valence-corrected chi connectivity index (χ1v) is 6.66. The second-order valence-corrected chi connectivity index (χ2v) is 4.78. The zero-order valence-electron chi connectivity index (χ0n) is 9.89. The summed E-state index contributed by atoms with van der Waals surface area (Å²) in [7, 11) is 0. The molecule has 0 fully saturated rings. The summed E-state index contributed by atoms with van der Waals surface area (Å²) >= 11 is 1.62. The Bertz CT molecular complexity index is 441. The van der Waals surface area contributed by atoms with Gasteiger partial charge in [-0.3, -0.25) is 4.98 Å². The van der Waals surface area contributed by atoms with Gasteiger partial charge in [-0.05, 0) is 25.1 Å². The standard InChI is InChI=1S/C12H16N4S/c1-2-7-13-9-6-11-15-16-12(17-11)10-5-3-4-8-14-10/h3-5,8,13H,2,6-7,9H2,1H3. The first kappa shape index (κ1) is 12.1. The molecule has 4 nitrogen and oxygen atoms in total. The van der Waals surface area contributed by atoms with E-state index in [0.717, 1.165) is 41.6 Å². The summed E-state index contributed by atoms with van der Waals surface area (Å²) in [5.41, 5.74) is 0.901. The van der Waals surface area contributed by atoms with Gasteiger partial charge in [-0.2, -0.15) is 0 Å². The van der Waals surface area contributed by atoms with E-state index >= 15 is 0 Å². The van der Waals surface area contributed by atoms with Gasteiger partial charge in [0.2, 0.25) is 0 Å². The molecule has 2 rings (SSSR count). The van der Waals surface area contributed by atoms with Crippen LogP contribution in [0.15, 0.2) is 24.4 Å². The molecule has 0 radical (unpaired) electrons. The van der Waals surface area contributed by atoms with Crippen molar-refractivity contribution in [1.29, 1.82) is 0 Å². The molecule has 0 saturated heterocycles. The topological polar surface area (TPSA) is 50.7 Å². The van der Waals surface area contributed by atoms with Crippen molar-refractivity contribution in [2.45, 2.75) is 19.8 Å². The highest BCUT2D eigenvalue weighted by Crippen LogP contribution is 2.20. The monoisotopic (exact) mass is 248 g/mol. The number of aromatic nitrogens is 3. The molecule has 0 aliphatic heterocycles. The van der Waals surface area contributed by atoms with Crippen LogP contribution in [-0.2, 0) is 6.42 Å². The van der Waals surface area contributed by atoms with Crippen LogP contribution in [0.4, 0.5) is 0 Å². The van der Waals surface area contributed by atoms with Crippen LogP contribution in [0.25, 0.3) is 10.7 Å². The smallest absolute Gasteiger partial charge is 0.166 e. The second kappa shape index (κ2) is 6.42. The molecule has 90 valence electrons. The minimum absolute atomic E-state index is 0.899. The van der Waals surface area contributed by atoms with Crippen LogP contribution in [0.5, 0.6) is 0 Å². The molecule has 0 aromatic carbocycles. The van der Waals surface area contributed by atoms with Gasteiger partial charge in [0, 0.05) is 19.2 Å². The molecule has 2 heterocycles. The summed E-state index contributed by atoms with van der Waals surface area (Å²) in [6, 6.07) is 5.83. The maximum absolute atomic E-state index is 4.26. The van der Waals surface area contributed by atoms with Gasteiger partial charge >= 0.3 is 0 Å². The minimum atomic E-state index is 0.899. The molecule has 0 saturated carbocycles. The van der Waals surface area contributed by atoms with Gasteiger partial charge in [0.15, 0.2) is 5.01 Å². The Morgan fingerprint density at radius 3 is 2.94 bits per heavy atom. The summed E-state index contributed by atoms with van der Waals surface area (Å²) in [4.78, 5) is 4.26. The highest BCUT2D eigenvalue weighted by atomic mass is 32.1. The fraction of sp³-hybridized carbons (Fsp3) is 0.417. The molecule has 1 N–H and O–H groups in total. The molecular weight excluding hydrogens is 232 g/mol. The summed E-state index contributed by atoms with van der Waals surface area (Å²) in [5.74, 6) is 0. The maximum atomic E-state index is 4.26. The third kappa shape index (κ3) is 3.57. The van der Waals surface area contributed by atoms with E-state index in [2.05, 4.69) is 27.4 Å². The Morgan fingerprint density at radius 1 is 1.24 bits per heavy atom. The van der Waals surface area contributed by atoms with Crippen molar-refractivity contribution in [3.05, 3.63) is 29.4 Å². The predicted molar refractivity (Wildman–Crippen MR) is 70.0 cm³/mol. The first-order chi connectivity index (χ1) is 8.40. The number of hydrogen-bond acceptors (Lipinski definition) is 5. The molecule has 17 heavy (non-hydrogen) atoms. The molecule has 2 aromatic rings. The van der Waals surface area contributed by atoms with Crippen molar-refractivity contribution in [2.75, 3.05) is 13.1 Å². The van der Waals surface area contributed by atoms with E-state index in [1.165, 1.54) is 0 Å². The van der Waals surface area contributed by atoms with Crippen LogP contribution in [-0.4, -0.2) is 28.3 Å². The number of rotatable bonds is 6. The van der Waals surface area contributed by atoms with Gasteiger partial charge in [-0.25, -0.2) is 0 Å². The number of pyridine rings is 1. The molecule has 0 bridgehead atoms. The van der Waals surface area contributed by atoms with Crippen LogP contribution in [0.1, 0.15) is 18.4 Å². The lowest BCUT2D eigenvalue weighted by molar-refractivity contribution is 0.668. The Hall–Kier alpha value is -1.33. The molecule has 5 heteroatoms. The number of hydrogen-bond donors (Lipinski definition) is 1. The quantitative estimate of drug-likeness (QED) is 0.796. The average Bonchev–Trinajstić information content (AvgIpc) is 2.85. The lowest BCUT2D eigenvalue weighted by atomic mass is 10.4. The molecule has 2 aromatic heterocycles. The van der Waals surface area contributed by atoms with Gasteiger partial charge in [0.05, 0.1) is 0 Å². The van der Waals surface area contributed by atoms with Crippen molar-refractivity contribution >= 4 is 11.3 Å². The van der Waals surface area contributed by atoms with E-state index in [-0.39, 0.29) is 0 Å². The number of nitrogens with one attached hydrogen (secondary N) is 1. The van der Waals surface area contributed by atoms with Crippen molar-refractivity contribution in [3.63, 3.8) is 0 Å². The molecule has 0 amide bonds. The van der Waals surface area contributed by atoms with E-state index in [1.807, 2.05) is 18.2 Å². The lowest BCUT2D eigenvalue weighted by Crippen LogP contribution is -2.17. The lowest BCUT2D eigenvalue weighted by Gasteiger charge is -1.98. The van der Waals surface area contributed by atoms with E-state index in [9.17, 15) is 0 Å². The van der Waals surface area contributed by atoms with Crippen molar-refractivity contribution < 1.29 is 0 Å². The van der Waals surface area contributed by atoms with Crippen LogP contribution >= 0.6 is 11.3 Å². The molecule has 0 aliphatic carbocycles. The third-order valence-corrected chi connectivity index (χ3v) is 3.30. The van der Waals surface area contributed by atoms with Crippen LogP contribution in [0.2, 0.25) is 0 Å². The third-order valence-electron chi connectivity index (χ3n) is 2.29. The zero-order chi connectivity index (χ0) is 11.9. The van der Waals surface area contributed by atoms with Crippen molar-refractivity contribution in [2.24, 2.45) is 0 Å². The van der Waals surface area contributed by atoms with Crippen LogP contribution in [0.3, 0.4) is 0 Å². The van der Waals surface area contributed by atoms with Crippen molar-refractivity contribution in [3.8, 4) is 10.7 Å². The Kier molecular flexibility index (Phi) is 4.58. The second-order valence-electron chi connectivity index (χ2n) is 3.72. The normalized spacial score (nSPS) is 10.6. The van der Waals surface area contributed by atoms with Gasteiger partial charge in [-0.1, -0.05) is 24.3 Å². The molecule has 0 unspecified atom stereocenters. The zero-order valence-corrected chi connectivity index (χ0v) is 10.7. The van der Waals surface area contributed by atoms with Gasteiger partial charge in [0.25, 0.3) is 0 Å². The maximum Gasteiger partial charge on any atom is 0.166 e. The SMILES string of the molecule is CCCNCCc1nnc(-c2ccccn2)s1. The fourth-order valence-electron chi connectivity index (χ4n) is 1.44. The van der Waals surface area contributed by atoms with E-state index in [4.69, 9.17) is 0 Å². The Morgan fingerprint density at radius 2 is 2.18 bits per heavy atom. The van der Waals surface area contributed by atoms with Gasteiger partial charge in [0.1, 0.15) is 10.7 Å². The van der Waals surface area contributed by atoms with Gasteiger partial charge < -0.3 is 5.32 Å². The van der Waals surface area contributed by atoms with E-state index in [1.54, 1.807) is 17.5 Å². The van der Waals surface area contributed by atoms with Crippen LogP contribution < -0.4 is 5.32 Å². The Balaban J connectivity index is 1.92.